The van der Waals surface area contributed by atoms with Crippen molar-refractivity contribution in [2.45, 2.75) is 13.2 Å². The van der Waals surface area contributed by atoms with Gasteiger partial charge in [0.05, 0.1) is 18.9 Å². The van der Waals surface area contributed by atoms with Crippen molar-refractivity contribution in [1.29, 1.82) is 0 Å². The number of benzene rings is 2. The van der Waals surface area contributed by atoms with Gasteiger partial charge in [0, 0.05) is 11.1 Å². The van der Waals surface area contributed by atoms with E-state index in [0.29, 0.717) is 16.8 Å². The molecule has 0 aliphatic carbocycles. The summed E-state index contributed by atoms with van der Waals surface area (Å²) >= 11 is 0.914. The van der Waals surface area contributed by atoms with E-state index in [1.165, 1.54) is 18.2 Å². The van der Waals surface area contributed by atoms with Crippen molar-refractivity contribution in [2.75, 3.05) is 0 Å². The average molecular weight is 359 g/mol. The van der Waals surface area contributed by atoms with Crippen LogP contribution in [-0.4, -0.2) is 25.7 Å². The molecule has 3 N–H and O–H groups in total. The summed E-state index contributed by atoms with van der Waals surface area (Å²) in [4.78, 5) is 11.1. The number of nitrogens with zero attached hydrogens (tertiary/aromatic N) is 1. The third-order valence-electron chi connectivity index (χ3n) is 3.83. The van der Waals surface area contributed by atoms with Crippen LogP contribution in [0, 0.1) is 5.82 Å². The van der Waals surface area contributed by atoms with Crippen LogP contribution in [0.15, 0.2) is 42.5 Å². The lowest BCUT2D eigenvalue weighted by Gasteiger charge is -2.11. The highest BCUT2D eigenvalue weighted by Crippen LogP contribution is 2.30. The molecule has 128 valence electrons. The van der Waals surface area contributed by atoms with Gasteiger partial charge >= 0.3 is 5.97 Å². The summed E-state index contributed by atoms with van der Waals surface area (Å²) in [5, 5.41) is 27.7. The highest BCUT2D eigenvalue weighted by Gasteiger charge is 2.13. The summed E-state index contributed by atoms with van der Waals surface area (Å²) < 4.78 is 17.9. The Bertz CT molecular complexity index is 921. The Balaban J connectivity index is 1.98. The molecular formula is C18H14FNO4S. The van der Waals surface area contributed by atoms with Crippen LogP contribution < -0.4 is 0 Å². The maximum atomic E-state index is 13.8. The van der Waals surface area contributed by atoms with E-state index < -0.39 is 18.4 Å². The Hall–Kier alpha value is -2.61. The molecule has 0 aliphatic heterocycles. The minimum Gasteiger partial charge on any atom is -0.477 e. The van der Waals surface area contributed by atoms with Crippen LogP contribution >= 0.6 is 11.5 Å². The number of hydrogen-bond donors (Lipinski definition) is 3. The lowest BCUT2D eigenvalue weighted by molar-refractivity contribution is 0.0702. The van der Waals surface area contributed by atoms with Crippen LogP contribution in [0.1, 0.15) is 20.8 Å². The number of carboxylic acids is 1. The van der Waals surface area contributed by atoms with Crippen LogP contribution in [-0.2, 0) is 13.2 Å². The zero-order valence-electron chi connectivity index (χ0n) is 12.9. The largest absolute Gasteiger partial charge is 0.477 e. The van der Waals surface area contributed by atoms with E-state index in [0.717, 1.165) is 22.7 Å². The minimum absolute atomic E-state index is 0.155. The van der Waals surface area contributed by atoms with Crippen molar-refractivity contribution in [3.63, 3.8) is 0 Å². The molecule has 0 aliphatic rings. The fourth-order valence-corrected chi connectivity index (χ4v) is 3.11. The molecule has 0 radical (unpaired) electrons. The molecule has 0 atom stereocenters. The Labute approximate surface area is 146 Å². The van der Waals surface area contributed by atoms with Crippen molar-refractivity contribution in [3.05, 3.63) is 64.3 Å². The van der Waals surface area contributed by atoms with Gasteiger partial charge in [-0.05, 0) is 46.4 Å². The van der Waals surface area contributed by atoms with Gasteiger partial charge in [-0.25, -0.2) is 9.18 Å². The number of halogens is 1. The average Bonchev–Trinajstić information content (AvgIpc) is 3.12. The predicted octanol–water partition coefficient (Wildman–Crippen LogP) is 3.30. The first-order chi connectivity index (χ1) is 12.0. The number of aromatic nitrogens is 1. The van der Waals surface area contributed by atoms with Crippen LogP contribution in [0.25, 0.3) is 22.4 Å². The van der Waals surface area contributed by atoms with Crippen LogP contribution in [0.2, 0.25) is 0 Å². The van der Waals surface area contributed by atoms with E-state index in [1.807, 2.05) is 0 Å². The first-order valence-electron chi connectivity index (χ1n) is 7.37. The normalized spacial score (nSPS) is 10.8. The van der Waals surface area contributed by atoms with Crippen molar-refractivity contribution >= 4 is 17.5 Å². The fraction of sp³-hybridized carbons (Fsp3) is 0.111. The minimum atomic E-state index is -1.02. The number of aliphatic hydroxyl groups excluding tert-OH is 2. The first kappa shape index (κ1) is 17.2. The highest BCUT2D eigenvalue weighted by molar-refractivity contribution is 7.08. The number of aliphatic hydroxyl groups is 2. The molecule has 3 rings (SSSR count). The number of aromatic carboxylic acids is 1. The Kier molecular flexibility index (Phi) is 4.89. The molecule has 3 aromatic rings. The van der Waals surface area contributed by atoms with E-state index in [9.17, 15) is 19.4 Å². The standard InChI is InChI=1S/C18H14FNO4S/c19-15-6-12(8-21)14(5-13(15)9-22)10-1-3-11(4-2-10)16-7-17(18(23)24)25-20-16/h1-7,21-22H,8-9H2,(H,23,24). The molecule has 0 fully saturated rings. The highest BCUT2D eigenvalue weighted by atomic mass is 32.1. The van der Waals surface area contributed by atoms with Gasteiger partial charge in [0.2, 0.25) is 0 Å². The van der Waals surface area contributed by atoms with E-state index in [2.05, 4.69) is 4.37 Å². The topological polar surface area (TPSA) is 90.7 Å². The third kappa shape index (κ3) is 3.43. The molecule has 0 saturated carbocycles. The lowest BCUT2D eigenvalue weighted by Crippen LogP contribution is -1.97. The number of carbonyl (C=O) groups is 1. The molecule has 25 heavy (non-hydrogen) atoms. The summed E-state index contributed by atoms with van der Waals surface area (Å²) in [6, 6.07) is 11.3. The SMILES string of the molecule is O=C(O)c1cc(-c2ccc(-c3cc(CO)c(F)cc3CO)cc2)ns1. The molecule has 0 unspecified atom stereocenters. The summed E-state index contributed by atoms with van der Waals surface area (Å²) in [5.74, 6) is -1.58. The van der Waals surface area contributed by atoms with Gasteiger partial charge in [0.25, 0.3) is 0 Å². The Morgan fingerprint density at radius 3 is 2.20 bits per heavy atom. The molecular weight excluding hydrogens is 345 g/mol. The third-order valence-corrected chi connectivity index (χ3v) is 4.60. The van der Waals surface area contributed by atoms with Crippen molar-refractivity contribution in [3.8, 4) is 22.4 Å². The maximum absolute atomic E-state index is 13.8. The number of carboxylic acid groups (broad SMARTS) is 1. The predicted molar refractivity (Wildman–Crippen MR) is 91.7 cm³/mol. The van der Waals surface area contributed by atoms with E-state index in [4.69, 9.17) is 5.11 Å². The Morgan fingerprint density at radius 1 is 1.00 bits per heavy atom. The molecule has 0 spiro atoms. The maximum Gasteiger partial charge on any atom is 0.347 e. The number of rotatable bonds is 5. The second-order valence-electron chi connectivity index (χ2n) is 5.38. The number of hydrogen-bond acceptors (Lipinski definition) is 5. The summed E-state index contributed by atoms with van der Waals surface area (Å²) in [5.41, 5.74) is 3.26. The van der Waals surface area contributed by atoms with Gasteiger partial charge < -0.3 is 15.3 Å². The van der Waals surface area contributed by atoms with Gasteiger partial charge in [-0.15, -0.1) is 0 Å². The second-order valence-corrected chi connectivity index (χ2v) is 6.18. The summed E-state index contributed by atoms with van der Waals surface area (Å²) in [6.07, 6.45) is 0. The molecule has 1 heterocycles. The quantitative estimate of drug-likeness (QED) is 0.650. The fourth-order valence-electron chi connectivity index (χ4n) is 2.51. The monoisotopic (exact) mass is 359 g/mol. The molecule has 1 aromatic heterocycles. The molecule has 7 heteroatoms. The lowest BCUT2D eigenvalue weighted by atomic mass is 9.96. The van der Waals surface area contributed by atoms with Crippen molar-refractivity contribution < 1.29 is 24.5 Å². The summed E-state index contributed by atoms with van der Waals surface area (Å²) in [6.45, 7) is -0.757. The van der Waals surface area contributed by atoms with Gasteiger partial charge in [-0.3, -0.25) is 0 Å². The zero-order valence-corrected chi connectivity index (χ0v) is 13.8. The van der Waals surface area contributed by atoms with Crippen LogP contribution in [0.4, 0.5) is 4.39 Å². The molecule has 5 nitrogen and oxygen atoms in total. The summed E-state index contributed by atoms with van der Waals surface area (Å²) in [7, 11) is 0. The molecule has 0 saturated heterocycles. The van der Waals surface area contributed by atoms with Crippen molar-refractivity contribution in [2.24, 2.45) is 0 Å². The van der Waals surface area contributed by atoms with E-state index in [1.54, 1.807) is 24.3 Å². The molecule has 0 amide bonds. The van der Waals surface area contributed by atoms with Gasteiger partial charge in [0.15, 0.2) is 0 Å². The first-order valence-corrected chi connectivity index (χ1v) is 8.14. The Morgan fingerprint density at radius 2 is 1.64 bits per heavy atom. The zero-order chi connectivity index (χ0) is 18.0. The molecule has 0 bridgehead atoms. The van der Waals surface area contributed by atoms with Gasteiger partial charge in [-0.1, -0.05) is 24.3 Å². The second kappa shape index (κ2) is 7.10. The molecule has 2 aromatic carbocycles. The van der Waals surface area contributed by atoms with E-state index >= 15 is 0 Å². The van der Waals surface area contributed by atoms with E-state index in [-0.39, 0.29) is 17.0 Å². The van der Waals surface area contributed by atoms with Crippen molar-refractivity contribution in [1.82, 2.24) is 4.37 Å². The van der Waals surface area contributed by atoms with Crippen LogP contribution in [0.3, 0.4) is 0 Å². The van der Waals surface area contributed by atoms with Gasteiger partial charge in [-0.2, -0.15) is 4.37 Å². The van der Waals surface area contributed by atoms with Gasteiger partial charge in [0.1, 0.15) is 10.7 Å². The van der Waals surface area contributed by atoms with Crippen LogP contribution in [0.5, 0.6) is 0 Å². The smallest absolute Gasteiger partial charge is 0.347 e.